The van der Waals surface area contributed by atoms with Crippen molar-refractivity contribution in [1.82, 2.24) is 19.7 Å². The molecule has 0 fully saturated rings. The number of para-hydroxylation sites is 1. The maximum Gasteiger partial charge on any atom is 0.260 e. The van der Waals surface area contributed by atoms with E-state index in [4.69, 9.17) is 4.98 Å². The van der Waals surface area contributed by atoms with Crippen molar-refractivity contribution in [2.24, 2.45) is 0 Å². The Hall–Kier alpha value is -2.80. The van der Waals surface area contributed by atoms with Gasteiger partial charge in [-0.25, -0.2) is 14.6 Å². The summed E-state index contributed by atoms with van der Waals surface area (Å²) in [6.07, 6.45) is 1.76. The van der Waals surface area contributed by atoms with Crippen LogP contribution in [0.2, 0.25) is 0 Å². The van der Waals surface area contributed by atoms with Crippen molar-refractivity contribution in [3.8, 4) is 0 Å². The van der Waals surface area contributed by atoms with Gasteiger partial charge < -0.3 is 0 Å². The number of anilines is 1. The number of fused-ring (bicyclic) bond motifs is 2. The molecule has 0 aliphatic rings. The molecule has 3 aromatic heterocycles. The quantitative estimate of drug-likeness (QED) is 0.444. The first kappa shape index (κ1) is 19.5. The molecule has 0 bridgehead atoms. The van der Waals surface area contributed by atoms with Crippen molar-refractivity contribution < 1.29 is 4.79 Å². The van der Waals surface area contributed by atoms with E-state index in [0.29, 0.717) is 17.2 Å². The van der Waals surface area contributed by atoms with E-state index in [1.54, 1.807) is 11.1 Å². The second-order valence-electron chi connectivity index (χ2n) is 7.68. The van der Waals surface area contributed by atoms with E-state index in [0.717, 1.165) is 26.9 Å². The maximum absolute atomic E-state index is 13.6. The lowest BCUT2D eigenvalue weighted by Gasteiger charge is -2.19. The van der Waals surface area contributed by atoms with Crippen molar-refractivity contribution in [2.75, 3.05) is 11.4 Å². The smallest absolute Gasteiger partial charge is 0.260 e. The standard InChI is InChI=1S/C22H25N5OS/c1-6-26(22-25-17-9-7-8-10-19(17)29-22)21(28)15-11-18(13(2)3)24-20-16(15)12-23-27(20)14(4)5/h7-14H,6H2,1-5H3. The molecule has 0 N–H and O–H groups in total. The van der Waals surface area contributed by atoms with Crippen molar-refractivity contribution >= 4 is 43.6 Å². The number of carbonyl (C=O) groups is 1. The van der Waals surface area contributed by atoms with Crippen LogP contribution in [0.5, 0.6) is 0 Å². The normalized spacial score (nSPS) is 11.8. The molecule has 0 aliphatic carbocycles. The summed E-state index contributed by atoms with van der Waals surface area (Å²) < 4.78 is 2.95. The van der Waals surface area contributed by atoms with E-state index in [1.165, 1.54) is 11.3 Å². The largest absolute Gasteiger partial charge is 0.284 e. The van der Waals surface area contributed by atoms with Gasteiger partial charge in [0, 0.05) is 18.3 Å². The zero-order valence-corrected chi connectivity index (χ0v) is 18.2. The van der Waals surface area contributed by atoms with Crippen LogP contribution in [-0.2, 0) is 0 Å². The number of hydrogen-bond donors (Lipinski definition) is 0. The Balaban J connectivity index is 1.86. The van der Waals surface area contributed by atoms with Gasteiger partial charge in [-0.3, -0.25) is 9.69 Å². The predicted octanol–water partition coefficient (Wildman–Crippen LogP) is 5.41. The van der Waals surface area contributed by atoms with Crippen LogP contribution < -0.4 is 4.90 Å². The number of carbonyl (C=O) groups excluding carboxylic acids is 1. The molecule has 0 saturated carbocycles. The summed E-state index contributed by atoms with van der Waals surface area (Å²) in [6, 6.07) is 10.0. The van der Waals surface area contributed by atoms with E-state index in [1.807, 2.05) is 41.9 Å². The predicted molar refractivity (Wildman–Crippen MR) is 119 cm³/mol. The lowest BCUT2D eigenvalue weighted by Crippen LogP contribution is -2.31. The Morgan fingerprint density at radius 1 is 1.17 bits per heavy atom. The molecular weight excluding hydrogens is 382 g/mol. The number of rotatable bonds is 5. The van der Waals surface area contributed by atoms with Crippen molar-refractivity contribution in [2.45, 2.75) is 46.6 Å². The van der Waals surface area contributed by atoms with Gasteiger partial charge >= 0.3 is 0 Å². The van der Waals surface area contributed by atoms with Crippen LogP contribution in [0.15, 0.2) is 36.5 Å². The topological polar surface area (TPSA) is 63.9 Å². The summed E-state index contributed by atoms with van der Waals surface area (Å²) in [4.78, 5) is 24.9. The van der Waals surface area contributed by atoms with Gasteiger partial charge in [-0.2, -0.15) is 5.10 Å². The molecule has 0 spiro atoms. The highest BCUT2D eigenvalue weighted by Crippen LogP contribution is 2.31. The van der Waals surface area contributed by atoms with E-state index in [2.05, 4.69) is 37.8 Å². The second kappa shape index (κ2) is 7.55. The van der Waals surface area contributed by atoms with Crippen LogP contribution >= 0.6 is 11.3 Å². The first-order chi connectivity index (χ1) is 13.9. The Bertz CT molecular complexity index is 1160. The van der Waals surface area contributed by atoms with Gasteiger partial charge in [-0.1, -0.05) is 37.3 Å². The molecule has 0 saturated heterocycles. The Morgan fingerprint density at radius 3 is 2.59 bits per heavy atom. The van der Waals surface area contributed by atoms with Gasteiger partial charge in [0.15, 0.2) is 10.8 Å². The second-order valence-corrected chi connectivity index (χ2v) is 8.69. The number of nitrogens with zero attached hydrogens (tertiary/aromatic N) is 5. The van der Waals surface area contributed by atoms with Crippen LogP contribution in [0.25, 0.3) is 21.3 Å². The number of pyridine rings is 1. The highest BCUT2D eigenvalue weighted by molar-refractivity contribution is 7.22. The Labute approximate surface area is 174 Å². The highest BCUT2D eigenvalue weighted by Gasteiger charge is 2.25. The summed E-state index contributed by atoms with van der Waals surface area (Å²) in [5, 5.41) is 6.00. The van der Waals surface area contributed by atoms with Gasteiger partial charge in [-0.05, 0) is 44.9 Å². The first-order valence-electron chi connectivity index (χ1n) is 9.96. The summed E-state index contributed by atoms with van der Waals surface area (Å²) >= 11 is 1.54. The summed E-state index contributed by atoms with van der Waals surface area (Å²) in [5.41, 5.74) is 3.19. The molecule has 150 valence electrons. The zero-order chi connectivity index (χ0) is 20.7. The van der Waals surface area contributed by atoms with Gasteiger partial charge in [0.25, 0.3) is 5.91 Å². The van der Waals surface area contributed by atoms with Crippen LogP contribution in [0.3, 0.4) is 0 Å². The van der Waals surface area contributed by atoms with Crippen LogP contribution in [0, 0.1) is 0 Å². The molecule has 0 atom stereocenters. The molecule has 4 aromatic rings. The van der Waals surface area contributed by atoms with E-state index in [-0.39, 0.29) is 17.9 Å². The van der Waals surface area contributed by atoms with Gasteiger partial charge in [0.05, 0.1) is 27.4 Å². The fourth-order valence-corrected chi connectivity index (χ4v) is 4.40. The lowest BCUT2D eigenvalue weighted by atomic mass is 10.0. The third-order valence-electron chi connectivity index (χ3n) is 4.97. The fraction of sp³-hybridized carbons (Fsp3) is 0.364. The number of amides is 1. The van der Waals surface area contributed by atoms with Crippen LogP contribution in [0.4, 0.5) is 5.13 Å². The molecule has 4 rings (SSSR count). The van der Waals surface area contributed by atoms with Crippen molar-refractivity contribution in [3.05, 3.63) is 47.8 Å². The van der Waals surface area contributed by atoms with Gasteiger partial charge in [0.1, 0.15) is 0 Å². The number of benzene rings is 1. The van der Waals surface area contributed by atoms with Gasteiger partial charge in [-0.15, -0.1) is 0 Å². The molecule has 3 heterocycles. The van der Waals surface area contributed by atoms with E-state index >= 15 is 0 Å². The number of aromatic nitrogens is 4. The maximum atomic E-state index is 13.6. The lowest BCUT2D eigenvalue weighted by molar-refractivity contribution is 0.0989. The molecular formula is C22H25N5OS. The monoisotopic (exact) mass is 407 g/mol. The first-order valence-corrected chi connectivity index (χ1v) is 10.8. The average molecular weight is 408 g/mol. The molecule has 0 unspecified atom stereocenters. The summed E-state index contributed by atoms with van der Waals surface area (Å²) in [7, 11) is 0. The molecule has 0 aliphatic heterocycles. The average Bonchev–Trinajstić information content (AvgIpc) is 3.31. The van der Waals surface area contributed by atoms with Gasteiger partial charge in [0.2, 0.25) is 0 Å². The minimum Gasteiger partial charge on any atom is -0.284 e. The minimum atomic E-state index is -0.0656. The van der Waals surface area contributed by atoms with Crippen LogP contribution in [0.1, 0.15) is 62.6 Å². The minimum absolute atomic E-state index is 0.0656. The van der Waals surface area contributed by atoms with E-state index in [9.17, 15) is 4.79 Å². The van der Waals surface area contributed by atoms with Crippen LogP contribution in [-0.4, -0.2) is 32.2 Å². The number of thiazole rings is 1. The third kappa shape index (κ3) is 3.40. The zero-order valence-electron chi connectivity index (χ0n) is 17.4. The van der Waals surface area contributed by atoms with E-state index < -0.39 is 0 Å². The third-order valence-corrected chi connectivity index (χ3v) is 6.03. The van der Waals surface area contributed by atoms with Crippen molar-refractivity contribution in [3.63, 3.8) is 0 Å². The summed E-state index contributed by atoms with van der Waals surface area (Å²) in [6.45, 7) is 10.8. The molecule has 0 radical (unpaired) electrons. The fourth-order valence-electron chi connectivity index (χ4n) is 3.37. The SMILES string of the molecule is CCN(C(=O)c1cc(C(C)C)nc2c1cnn2C(C)C)c1nc2ccccc2s1. The molecule has 6 nitrogen and oxygen atoms in total. The highest BCUT2D eigenvalue weighted by atomic mass is 32.1. The molecule has 1 amide bonds. The Morgan fingerprint density at radius 2 is 1.93 bits per heavy atom. The molecule has 29 heavy (non-hydrogen) atoms. The number of hydrogen-bond acceptors (Lipinski definition) is 5. The molecule has 1 aromatic carbocycles. The van der Waals surface area contributed by atoms with Crippen molar-refractivity contribution in [1.29, 1.82) is 0 Å². The Kier molecular flexibility index (Phi) is 5.08. The molecule has 7 heteroatoms. The summed E-state index contributed by atoms with van der Waals surface area (Å²) in [5.74, 6) is 0.142.